The smallest absolute Gasteiger partial charge is 0.325 e. The van der Waals surface area contributed by atoms with E-state index in [1.165, 1.54) is 0 Å². The van der Waals surface area contributed by atoms with Crippen LogP contribution in [0.2, 0.25) is 0 Å². The topological polar surface area (TPSA) is 59.5 Å². The minimum Gasteiger partial charge on any atom is -0.465 e. The molecule has 1 aromatic rings. The molecule has 0 aromatic carbocycles. The maximum Gasteiger partial charge on any atom is 0.325 e. The van der Waals surface area contributed by atoms with Gasteiger partial charge < -0.3 is 9.64 Å². The van der Waals surface area contributed by atoms with Crippen molar-refractivity contribution in [1.82, 2.24) is 9.88 Å². The van der Waals surface area contributed by atoms with Gasteiger partial charge in [-0.2, -0.15) is 0 Å². The Morgan fingerprint density at radius 3 is 2.63 bits per heavy atom. The van der Waals surface area contributed by atoms with Gasteiger partial charge in [-0.25, -0.2) is 0 Å². The van der Waals surface area contributed by atoms with E-state index < -0.39 is 0 Å². The molecule has 1 aromatic heterocycles. The second kappa shape index (κ2) is 6.31. The van der Waals surface area contributed by atoms with E-state index in [1.807, 2.05) is 12.1 Å². The van der Waals surface area contributed by atoms with Crippen LogP contribution in [0.3, 0.4) is 0 Å². The van der Waals surface area contributed by atoms with Crippen LogP contribution in [0.1, 0.15) is 25.3 Å². The Morgan fingerprint density at radius 2 is 2.05 bits per heavy atom. The Bertz CT molecular complexity index is 443. The maximum atomic E-state index is 12.2. The lowest BCUT2D eigenvalue weighted by Crippen LogP contribution is -2.39. The van der Waals surface area contributed by atoms with Crippen LogP contribution in [0, 0.1) is 0 Å². The Labute approximate surface area is 112 Å². The molecule has 0 spiro atoms. The van der Waals surface area contributed by atoms with E-state index in [-0.39, 0.29) is 24.5 Å². The number of pyridine rings is 1. The van der Waals surface area contributed by atoms with Crippen molar-refractivity contribution in [3.8, 4) is 0 Å². The number of carbonyl (C=O) groups is 2. The van der Waals surface area contributed by atoms with Gasteiger partial charge in [0, 0.05) is 18.4 Å². The zero-order valence-corrected chi connectivity index (χ0v) is 11.0. The Hall–Kier alpha value is -1.91. The number of hydrogen-bond acceptors (Lipinski definition) is 4. The van der Waals surface area contributed by atoms with E-state index in [9.17, 15) is 9.59 Å². The first kappa shape index (κ1) is 13.5. The molecule has 1 aliphatic carbocycles. The van der Waals surface area contributed by atoms with Crippen LogP contribution < -0.4 is 0 Å². The lowest BCUT2D eigenvalue weighted by molar-refractivity contribution is -0.149. The fraction of sp³-hybridized carbons (Fsp3) is 0.500. The molecule has 2 rings (SSSR count). The van der Waals surface area contributed by atoms with Crippen LogP contribution in [0.5, 0.6) is 0 Å². The maximum absolute atomic E-state index is 12.2. The Balaban J connectivity index is 1.95. The van der Waals surface area contributed by atoms with Crippen molar-refractivity contribution in [2.24, 2.45) is 0 Å². The number of rotatable bonds is 6. The number of carbonyl (C=O) groups excluding carboxylic acids is 2. The number of nitrogens with zero attached hydrogens (tertiary/aromatic N) is 2. The minimum atomic E-state index is -0.336. The molecule has 1 aliphatic rings. The first-order valence-electron chi connectivity index (χ1n) is 6.54. The Morgan fingerprint density at radius 1 is 1.37 bits per heavy atom. The van der Waals surface area contributed by atoms with E-state index >= 15 is 0 Å². The summed E-state index contributed by atoms with van der Waals surface area (Å²) in [6.45, 7) is 2.16. The van der Waals surface area contributed by atoms with E-state index in [0.717, 1.165) is 18.4 Å². The fourth-order valence-corrected chi connectivity index (χ4v) is 1.93. The van der Waals surface area contributed by atoms with Gasteiger partial charge in [0.15, 0.2) is 0 Å². The molecule has 0 radical (unpaired) electrons. The third kappa shape index (κ3) is 4.05. The first-order chi connectivity index (χ1) is 9.20. The molecule has 0 aliphatic heterocycles. The average Bonchev–Trinajstić information content (AvgIpc) is 3.21. The van der Waals surface area contributed by atoms with Gasteiger partial charge in [0.05, 0.1) is 13.0 Å². The number of amides is 1. The first-order valence-corrected chi connectivity index (χ1v) is 6.54. The van der Waals surface area contributed by atoms with Gasteiger partial charge in [-0.05, 0) is 37.5 Å². The standard InChI is InChI=1S/C14H18N2O3/c1-2-19-14(18)10-16(12-3-4-12)13(17)9-11-5-7-15-8-6-11/h5-8,12H,2-4,9-10H2,1H3. The van der Waals surface area contributed by atoms with Crippen LogP contribution in [-0.2, 0) is 20.7 Å². The van der Waals surface area contributed by atoms with Gasteiger partial charge in [-0.3, -0.25) is 14.6 Å². The lowest BCUT2D eigenvalue weighted by Gasteiger charge is -2.21. The van der Waals surface area contributed by atoms with Crippen LogP contribution >= 0.6 is 0 Å². The summed E-state index contributed by atoms with van der Waals surface area (Å²) >= 11 is 0. The van der Waals surface area contributed by atoms with Gasteiger partial charge in [0.2, 0.25) is 5.91 Å². The molecule has 102 valence electrons. The lowest BCUT2D eigenvalue weighted by atomic mass is 10.2. The summed E-state index contributed by atoms with van der Waals surface area (Å²) in [5, 5.41) is 0. The molecule has 0 N–H and O–H groups in total. The van der Waals surface area contributed by atoms with E-state index in [1.54, 1.807) is 24.2 Å². The fourth-order valence-electron chi connectivity index (χ4n) is 1.93. The number of aromatic nitrogens is 1. The van der Waals surface area contributed by atoms with Crippen LogP contribution in [0.4, 0.5) is 0 Å². The molecule has 1 amide bonds. The highest BCUT2D eigenvalue weighted by Gasteiger charge is 2.33. The summed E-state index contributed by atoms with van der Waals surface area (Å²) in [5.41, 5.74) is 0.912. The van der Waals surface area contributed by atoms with Gasteiger partial charge in [0.1, 0.15) is 6.54 Å². The van der Waals surface area contributed by atoms with Crippen molar-refractivity contribution < 1.29 is 14.3 Å². The zero-order chi connectivity index (χ0) is 13.7. The number of hydrogen-bond donors (Lipinski definition) is 0. The SMILES string of the molecule is CCOC(=O)CN(C(=O)Cc1ccncc1)C1CC1. The Kier molecular flexibility index (Phi) is 4.49. The van der Waals surface area contributed by atoms with Crippen LogP contribution in [-0.4, -0.2) is 41.0 Å². The third-order valence-electron chi connectivity index (χ3n) is 3.02. The highest BCUT2D eigenvalue weighted by molar-refractivity contribution is 5.84. The van der Waals surface area contributed by atoms with Crippen molar-refractivity contribution in [3.63, 3.8) is 0 Å². The number of ether oxygens (including phenoxy) is 1. The van der Waals surface area contributed by atoms with Gasteiger partial charge in [-0.15, -0.1) is 0 Å². The monoisotopic (exact) mass is 262 g/mol. The van der Waals surface area contributed by atoms with E-state index in [4.69, 9.17) is 4.74 Å². The van der Waals surface area contributed by atoms with Gasteiger partial charge >= 0.3 is 5.97 Å². The molecule has 0 unspecified atom stereocenters. The van der Waals surface area contributed by atoms with Crippen molar-refractivity contribution in [1.29, 1.82) is 0 Å². The van der Waals surface area contributed by atoms with Crippen molar-refractivity contribution in [3.05, 3.63) is 30.1 Å². The van der Waals surface area contributed by atoms with Gasteiger partial charge in [0.25, 0.3) is 0 Å². The summed E-state index contributed by atoms with van der Waals surface area (Å²) in [6.07, 6.45) is 5.58. The summed E-state index contributed by atoms with van der Waals surface area (Å²) in [6, 6.07) is 3.83. The molecule has 1 fully saturated rings. The third-order valence-corrected chi connectivity index (χ3v) is 3.02. The summed E-state index contributed by atoms with van der Waals surface area (Å²) in [5.74, 6) is -0.362. The van der Waals surface area contributed by atoms with E-state index in [0.29, 0.717) is 13.0 Å². The molecular formula is C14H18N2O3. The van der Waals surface area contributed by atoms with Crippen LogP contribution in [0.15, 0.2) is 24.5 Å². The van der Waals surface area contributed by atoms with E-state index in [2.05, 4.69) is 4.98 Å². The van der Waals surface area contributed by atoms with Crippen LogP contribution in [0.25, 0.3) is 0 Å². The largest absolute Gasteiger partial charge is 0.465 e. The summed E-state index contributed by atoms with van der Waals surface area (Å²) < 4.78 is 4.91. The predicted octanol–water partition coefficient (Wildman–Crippen LogP) is 1.18. The molecule has 5 nitrogen and oxygen atoms in total. The molecule has 1 heterocycles. The molecule has 0 bridgehead atoms. The number of esters is 1. The normalized spacial score (nSPS) is 13.9. The quantitative estimate of drug-likeness (QED) is 0.722. The zero-order valence-electron chi connectivity index (χ0n) is 11.0. The second-order valence-corrected chi connectivity index (χ2v) is 4.59. The van der Waals surface area contributed by atoms with Gasteiger partial charge in [-0.1, -0.05) is 0 Å². The average molecular weight is 262 g/mol. The summed E-state index contributed by atoms with van der Waals surface area (Å²) in [7, 11) is 0. The van der Waals surface area contributed by atoms with Crippen molar-refractivity contribution in [2.45, 2.75) is 32.2 Å². The molecular weight excluding hydrogens is 244 g/mol. The highest BCUT2D eigenvalue weighted by atomic mass is 16.5. The molecule has 0 saturated heterocycles. The minimum absolute atomic E-state index is 0.0262. The molecule has 1 saturated carbocycles. The molecule has 0 atom stereocenters. The molecule has 19 heavy (non-hydrogen) atoms. The van der Waals surface area contributed by atoms with Crippen molar-refractivity contribution in [2.75, 3.05) is 13.2 Å². The van der Waals surface area contributed by atoms with Crippen molar-refractivity contribution >= 4 is 11.9 Å². The second-order valence-electron chi connectivity index (χ2n) is 4.59. The molecule has 5 heteroatoms. The summed E-state index contributed by atoms with van der Waals surface area (Å²) in [4.78, 5) is 29.3. The predicted molar refractivity (Wildman–Crippen MR) is 69.3 cm³/mol. The highest BCUT2D eigenvalue weighted by Crippen LogP contribution is 2.27.